The average molecular weight is 285 g/mol. The molecule has 1 aromatic heterocycles. The summed E-state index contributed by atoms with van der Waals surface area (Å²) in [6, 6.07) is 5.78. The van der Waals surface area contributed by atoms with Crippen LogP contribution in [0.2, 0.25) is 5.02 Å². The molecule has 0 bridgehead atoms. The van der Waals surface area contributed by atoms with Crippen LogP contribution < -0.4 is 0 Å². The number of hydrogen-bond acceptors (Lipinski definition) is 1. The van der Waals surface area contributed by atoms with Crippen LogP contribution in [0.15, 0.2) is 18.2 Å². The lowest BCUT2D eigenvalue weighted by molar-refractivity contribution is 0.512. The summed E-state index contributed by atoms with van der Waals surface area (Å²) in [5.41, 5.74) is 2.04. The van der Waals surface area contributed by atoms with Gasteiger partial charge in [-0.3, -0.25) is 0 Å². The molecule has 1 heterocycles. The van der Waals surface area contributed by atoms with Crippen LogP contribution in [0, 0.1) is 5.92 Å². The molecule has 0 fully saturated rings. The largest absolute Gasteiger partial charge is 0.327 e. The first kappa shape index (κ1) is 13.7. The summed E-state index contributed by atoms with van der Waals surface area (Å²) in [5, 5.41) is 0.644. The molecular weight excluding hydrogens is 267 g/mol. The van der Waals surface area contributed by atoms with Gasteiger partial charge in [0.15, 0.2) is 0 Å². The van der Waals surface area contributed by atoms with E-state index in [1.54, 1.807) is 0 Å². The second-order valence-corrected chi connectivity index (χ2v) is 6.14. The van der Waals surface area contributed by atoms with Gasteiger partial charge in [-0.25, -0.2) is 4.98 Å². The lowest BCUT2D eigenvalue weighted by atomic mass is 10.1. The Kier molecular flexibility index (Phi) is 4.18. The van der Waals surface area contributed by atoms with Crippen molar-refractivity contribution in [3.8, 4) is 0 Å². The maximum atomic E-state index is 6.22. The number of imidazole rings is 1. The van der Waals surface area contributed by atoms with Crippen molar-refractivity contribution in [2.45, 2.75) is 39.1 Å². The quantitative estimate of drug-likeness (QED) is 0.720. The Morgan fingerprint density at radius 1 is 1.28 bits per heavy atom. The first-order chi connectivity index (χ1) is 8.49. The van der Waals surface area contributed by atoms with Gasteiger partial charge in [-0.2, -0.15) is 0 Å². The molecule has 4 heteroatoms. The molecule has 0 saturated heterocycles. The number of hydrogen-bond donors (Lipinski definition) is 0. The van der Waals surface area contributed by atoms with Gasteiger partial charge in [0, 0.05) is 11.6 Å². The van der Waals surface area contributed by atoms with E-state index in [-0.39, 0.29) is 5.38 Å². The molecule has 2 rings (SSSR count). The van der Waals surface area contributed by atoms with E-state index >= 15 is 0 Å². The zero-order valence-corrected chi connectivity index (χ0v) is 12.5. The molecule has 0 aliphatic rings. The first-order valence-electron chi connectivity index (χ1n) is 6.28. The number of aryl methyl sites for hydroxylation is 1. The molecular formula is C14H18Cl2N2. The summed E-state index contributed by atoms with van der Waals surface area (Å²) in [4.78, 5) is 4.60. The minimum absolute atomic E-state index is 0.0941. The Labute approximate surface area is 118 Å². The molecule has 0 aliphatic heterocycles. The molecule has 2 nitrogen and oxygen atoms in total. The molecule has 0 spiro atoms. The number of halogens is 2. The second-order valence-electron chi connectivity index (χ2n) is 5.05. The van der Waals surface area contributed by atoms with Crippen LogP contribution in [0.25, 0.3) is 11.0 Å². The average Bonchev–Trinajstić information content (AvgIpc) is 2.64. The predicted octanol–water partition coefficient (Wildman–Crippen LogP) is 5.04. The predicted molar refractivity (Wildman–Crippen MR) is 78.5 cm³/mol. The minimum atomic E-state index is -0.0941. The SMILES string of the molecule is CC(C)CCn1c(C(C)Cl)nc2ccc(Cl)cc21. The van der Waals surface area contributed by atoms with Crippen molar-refractivity contribution in [1.29, 1.82) is 0 Å². The highest BCUT2D eigenvalue weighted by Gasteiger charge is 2.15. The van der Waals surface area contributed by atoms with E-state index in [1.807, 2.05) is 25.1 Å². The van der Waals surface area contributed by atoms with Gasteiger partial charge in [-0.05, 0) is 37.5 Å². The summed E-state index contributed by atoms with van der Waals surface area (Å²) in [5.74, 6) is 1.58. The second kappa shape index (κ2) is 5.50. The molecule has 98 valence electrons. The smallest absolute Gasteiger partial charge is 0.127 e. The topological polar surface area (TPSA) is 17.8 Å². The molecule has 0 amide bonds. The molecule has 0 N–H and O–H groups in total. The normalized spacial score (nSPS) is 13.4. The summed E-state index contributed by atoms with van der Waals surface area (Å²) in [6.45, 7) is 7.32. The van der Waals surface area contributed by atoms with Crippen LogP contribution in [0.4, 0.5) is 0 Å². The third-order valence-corrected chi connectivity index (χ3v) is 3.46. The molecule has 0 saturated carbocycles. The maximum Gasteiger partial charge on any atom is 0.127 e. The highest BCUT2D eigenvalue weighted by molar-refractivity contribution is 6.31. The molecule has 2 aromatic rings. The highest BCUT2D eigenvalue weighted by Crippen LogP contribution is 2.27. The van der Waals surface area contributed by atoms with Crippen LogP contribution in [-0.2, 0) is 6.54 Å². The standard InChI is InChI=1S/C14H18Cl2N2/c1-9(2)6-7-18-13-8-11(16)4-5-12(13)17-14(18)10(3)15/h4-5,8-10H,6-7H2,1-3H3. The van der Waals surface area contributed by atoms with Gasteiger partial charge < -0.3 is 4.57 Å². The summed E-state index contributed by atoms with van der Waals surface area (Å²) < 4.78 is 2.19. The van der Waals surface area contributed by atoms with Gasteiger partial charge in [-0.15, -0.1) is 11.6 Å². The van der Waals surface area contributed by atoms with Gasteiger partial charge in [0.1, 0.15) is 5.82 Å². The maximum absolute atomic E-state index is 6.22. The molecule has 1 aromatic carbocycles. The van der Waals surface area contributed by atoms with Crippen LogP contribution in [0.1, 0.15) is 38.4 Å². The zero-order valence-electron chi connectivity index (χ0n) is 11.0. The number of nitrogens with zero attached hydrogens (tertiary/aromatic N) is 2. The van der Waals surface area contributed by atoms with E-state index in [2.05, 4.69) is 23.4 Å². The van der Waals surface area contributed by atoms with E-state index in [9.17, 15) is 0 Å². The van der Waals surface area contributed by atoms with Crippen LogP contribution in [0.3, 0.4) is 0 Å². The molecule has 18 heavy (non-hydrogen) atoms. The molecule has 1 unspecified atom stereocenters. The van der Waals surface area contributed by atoms with Crippen molar-refractivity contribution in [3.63, 3.8) is 0 Å². The van der Waals surface area contributed by atoms with Gasteiger partial charge in [0.2, 0.25) is 0 Å². The van der Waals surface area contributed by atoms with E-state index in [1.165, 1.54) is 0 Å². The minimum Gasteiger partial charge on any atom is -0.327 e. The number of fused-ring (bicyclic) bond motifs is 1. The van der Waals surface area contributed by atoms with Crippen molar-refractivity contribution in [3.05, 3.63) is 29.0 Å². The fourth-order valence-electron chi connectivity index (χ4n) is 2.04. The number of aromatic nitrogens is 2. The fourth-order valence-corrected chi connectivity index (χ4v) is 2.37. The van der Waals surface area contributed by atoms with Crippen LogP contribution >= 0.6 is 23.2 Å². The Hall–Kier alpha value is -0.730. The van der Waals surface area contributed by atoms with E-state index in [0.717, 1.165) is 34.8 Å². The van der Waals surface area contributed by atoms with E-state index in [4.69, 9.17) is 23.2 Å². The van der Waals surface area contributed by atoms with Crippen molar-refractivity contribution in [1.82, 2.24) is 9.55 Å². The lowest BCUT2D eigenvalue weighted by Crippen LogP contribution is -2.06. The van der Waals surface area contributed by atoms with Crippen molar-refractivity contribution in [2.75, 3.05) is 0 Å². The molecule has 0 radical (unpaired) electrons. The first-order valence-corrected chi connectivity index (χ1v) is 7.10. The Morgan fingerprint density at radius 2 is 2.00 bits per heavy atom. The molecule has 1 atom stereocenters. The van der Waals surface area contributed by atoms with Crippen molar-refractivity contribution in [2.24, 2.45) is 5.92 Å². The van der Waals surface area contributed by atoms with Gasteiger partial charge in [-0.1, -0.05) is 25.4 Å². The van der Waals surface area contributed by atoms with Gasteiger partial charge >= 0.3 is 0 Å². The Morgan fingerprint density at radius 3 is 2.61 bits per heavy atom. The fraction of sp³-hybridized carbons (Fsp3) is 0.500. The van der Waals surface area contributed by atoms with Crippen LogP contribution in [-0.4, -0.2) is 9.55 Å². The van der Waals surface area contributed by atoms with Crippen molar-refractivity contribution >= 4 is 34.2 Å². The van der Waals surface area contributed by atoms with Crippen molar-refractivity contribution < 1.29 is 0 Å². The summed E-state index contributed by atoms with van der Waals surface area (Å²) in [7, 11) is 0. The zero-order chi connectivity index (χ0) is 13.3. The van der Waals surface area contributed by atoms with Crippen LogP contribution in [0.5, 0.6) is 0 Å². The lowest BCUT2D eigenvalue weighted by Gasteiger charge is -2.12. The number of rotatable bonds is 4. The third-order valence-electron chi connectivity index (χ3n) is 3.03. The third kappa shape index (κ3) is 2.81. The van der Waals surface area contributed by atoms with Gasteiger partial charge in [0.25, 0.3) is 0 Å². The van der Waals surface area contributed by atoms with E-state index in [0.29, 0.717) is 5.92 Å². The van der Waals surface area contributed by atoms with E-state index < -0.39 is 0 Å². The summed E-state index contributed by atoms with van der Waals surface area (Å²) >= 11 is 12.3. The van der Waals surface area contributed by atoms with Gasteiger partial charge in [0.05, 0.1) is 16.4 Å². The number of benzene rings is 1. The molecule has 0 aliphatic carbocycles. The Balaban J connectivity index is 2.50. The monoisotopic (exact) mass is 284 g/mol. The highest BCUT2D eigenvalue weighted by atomic mass is 35.5. The Bertz CT molecular complexity index is 544. The summed E-state index contributed by atoms with van der Waals surface area (Å²) in [6.07, 6.45) is 1.11. The number of alkyl halides is 1.